The summed E-state index contributed by atoms with van der Waals surface area (Å²) in [6.07, 6.45) is 0. The van der Waals surface area contributed by atoms with Crippen LogP contribution in [0.4, 0.5) is 0 Å². The van der Waals surface area contributed by atoms with Crippen molar-refractivity contribution in [3.8, 4) is 17.2 Å². The van der Waals surface area contributed by atoms with Crippen molar-refractivity contribution in [3.63, 3.8) is 0 Å². The van der Waals surface area contributed by atoms with Gasteiger partial charge in [-0.25, -0.2) is 4.98 Å². The zero-order valence-electron chi connectivity index (χ0n) is 16.5. The monoisotopic (exact) mass is 490 g/mol. The Morgan fingerprint density at radius 1 is 1.04 bits per heavy atom. The second-order valence-electron chi connectivity index (χ2n) is 5.54. The van der Waals surface area contributed by atoms with Crippen LogP contribution in [0.25, 0.3) is 0 Å². The average Bonchev–Trinajstić information content (AvgIpc) is 2.98. The van der Waals surface area contributed by atoms with E-state index in [0.717, 1.165) is 17.0 Å². The van der Waals surface area contributed by atoms with Crippen LogP contribution in [-0.2, 0) is 13.1 Å². The van der Waals surface area contributed by atoms with Crippen LogP contribution in [0, 0.1) is 13.8 Å². The topological polar surface area (TPSA) is 90.1 Å². The van der Waals surface area contributed by atoms with Crippen molar-refractivity contribution in [1.82, 2.24) is 15.6 Å². The van der Waals surface area contributed by atoms with Gasteiger partial charge in [-0.15, -0.1) is 24.0 Å². The van der Waals surface area contributed by atoms with E-state index in [2.05, 4.69) is 20.6 Å². The van der Waals surface area contributed by atoms with E-state index < -0.39 is 0 Å². The second kappa shape index (κ2) is 10.9. The van der Waals surface area contributed by atoms with Gasteiger partial charge in [-0.3, -0.25) is 4.99 Å². The number of nitrogens with one attached hydrogen (secondary N) is 2. The van der Waals surface area contributed by atoms with Gasteiger partial charge in [0.05, 0.1) is 45.7 Å². The summed E-state index contributed by atoms with van der Waals surface area (Å²) in [6, 6.07) is 3.63. The third-order valence-electron chi connectivity index (χ3n) is 3.95. The van der Waals surface area contributed by atoms with E-state index in [9.17, 15) is 0 Å². The maximum atomic E-state index is 5.56. The minimum Gasteiger partial charge on any atom is -0.496 e. The smallest absolute Gasteiger partial charge is 0.214 e. The molecule has 8 nitrogen and oxygen atoms in total. The Bertz CT molecular complexity index is 732. The van der Waals surface area contributed by atoms with Crippen LogP contribution in [0.15, 0.2) is 21.5 Å². The van der Waals surface area contributed by atoms with Gasteiger partial charge in [0.25, 0.3) is 0 Å². The van der Waals surface area contributed by atoms with Crippen molar-refractivity contribution < 1.29 is 18.6 Å². The molecule has 27 heavy (non-hydrogen) atoms. The first-order chi connectivity index (χ1) is 12.5. The first kappa shape index (κ1) is 22.9. The molecule has 2 N–H and O–H groups in total. The van der Waals surface area contributed by atoms with E-state index in [1.165, 1.54) is 0 Å². The highest BCUT2D eigenvalue weighted by molar-refractivity contribution is 14.0. The van der Waals surface area contributed by atoms with Crippen molar-refractivity contribution in [3.05, 3.63) is 35.0 Å². The summed E-state index contributed by atoms with van der Waals surface area (Å²) in [6.45, 7) is 4.70. The SMILES string of the molecule is CN=C(NCc1nc(C)c(C)o1)NCc1c(OC)cc(OC)cc1OC.I. The number of halogens is 1. The Morgan fingerprint density at radius 3 is 2.07 bits per heavy atom. The molecule has 150 valence electrons. The molecule has 0 fully saturated rings. The van der Waals surface area contributed by atoms with E-state index in [0.29, 0.717) is 42.2 Å². The summed E-state index contributed by atoms with van der Waals surface area (Å²) in [5.41, 5.74) is 1.75. The molecule has 0 aliphatic heterocycles. The number of benzene rings is 1. The molecule has 0 amide bonds. The van der Waals surface area contributed by atoms with Crippen LogP contribution in [0.2, 0.25) is 0 Å². The zero-order chi connectivity index (χ0) is 19.1. The van der Waals surface area contributed by atoms with Crippen molar-refractivity contribution in [2.24, 2.45) is 4.99 Å². The number of guanidine groups is 1. The molecule has 0 aliphatic rings. The van der Waals surface area contributed by atoms with Gasteiger partial charge in [0.15, 0.2) is 5.96 Å². The van der Waals surface area contributed by atoms with Gasteiger partial charge in [-0.1, -0.05) is 0 Å². The molecule has 1 aromatic heterocycles. The summed E-state index contributed by atoms with van der Waals surface area (Å²) in [7, 11) is 6.52. The largest absolute Gasteiger partial charge is 0.496 e. The summed E-state index contributed by atoms with van der Waals surface area (Å²) in [4.78, 5) is 8.55. The van der Waals surface area contributed by atoms with Gasteiger partial charge in [-0.05, 0) is 13.8 Å². The van der Waals surface area contributed by atoms with Crippen LogP contribution < -0.4 is 24.8 Å². The van der Waals surface area contributed by atoms with E-state index in [4.69, 9.17) is 18.6 Å². The molecular formula is C18H27IN4O4. The predicted octanol–water partition coefficient (Wildman–Crippen LogP) is 2.80. The number of methoxy groups -OCH3 is 3. The van der Waals surface area contributed by atoms with Crippen molar-refractivity contribution in [2.45, 2.75) is 26.9 Å². The third kappa shape index (κ3) is 5.91. The highest BCUT2D eigenvalue weighted by atomic mass is 127. The van der Waals surface area contributed by atoms with Crippen LogP contribution in [0.3, 0.4) is 0 Å². The summed E-state index contributed by atoms with van der Waals surface area (Å²) < 4.78 is 21.7. The minimum absolute atomic E-state index is 0. The third-order valence-corrected chi connectivity index (χ3v) is 3.95. The fourth-order valence-corrected chi connectivity index (χ4v) is 2.42. The Morgan fingerprint density at radius 2 is 1.63 bits per heavy atom. The molecule has 1 heterocycles. The quantitative estimate of drug-likeness (QED) is 0.351. The molecule has 2 aromatic rings. The van der Waals surface area contributed by atoms with Gasteiger partial charge in [0.1, 0.15) is 23.0 Å². The lowest BCUT2D eigenvalue weighted by Crippen LogP contribution is -2.36. The van der Waals surface area contributed by atoms with Crippen LogP contribution >= 0.6 is 24.0 Å². The van der Waals surface area contributed by atoms with E-state index >= 15 is 0 Å². The Hall–Kier alpha value is -2.17. The maximum Gasteiger partial charge on any atom is 0.214 e. The average molecular weight is 490 g/mol. The predicted molar refractivity (Wildman–Crippen MR) is 115 cm³/mol. The molecular weight excluding hydrogens is 463 g/mol. The lowest BCUT2D eigenvalue weighted by Gasteiger charge is -2.17. The standard InChI is InChI=1S/C18H26N4O4.HI/c1-11-12(2)26-17(22-11)10-21-18(19-3)20-9-14-15(24-5)7-13(23-4)8-16(14)25-6;/h7-8H,9-10H2,1-6H3,(H2,19,20,21);1H. The summed E-state index contributed by atoms with van der Waals surface area (Å²) in [5.74, 6) is 4.05. The summed E-state index contributed by atoms with van der Waals surface area (Å²) in [5, 5.41) is 6.40. The number of aryl methyl sites for hydroxylation is 2. The number of aliphatic imine (C=N–C) groups is 1. The van der Waals surface area contributed by atoms with Gasteiger partial charge in [0.2, 0.25) is 5.89 Å². The Labute approximate surface area is 176 Å². The number of aromatic nitrogens is 1. The van der Waals surface area contributed by atoms with Gasteiger partial charge >= 0.3 is 0 Å². The highest BCUT2D eigenvalue weighted by Crippen LogP contribution is 2.33. The molecule has 2 rings (SSSR count). The zero-order valence-corrected chi connectivity index (χ0v) is 18.8. The Kier molecular flexibility index (Phi) is 9.19. The number of rotatable bonds is 7. The number of oxazole rings is 1. The minimum atomic E-state index is 0. The molecule has 0 atom stereocenters. The maximum absolute atomic E-state index is 5.56. The lowest BCUT2D eigenvalue weighted by atomic mass is 10.1. The van der Waals surface area contributed by atoms with E-state index in [1.807, 2.05) is 26.0 Å². The van der Waals surface area contributed by atoms with Gasteiger partial charge in [-0.2, -0.15) is 0 Å². The van der Waals surface area contributed by atoms with Crippen LogP contribution in [0.1, 0.15) is 22.9 Å². The number of hydrogen-bond acceptors (Lipinski definition) is 6. The second-order valence-corrected chi connectivity index (χ2v) is 5.54. The fraction of sp³-hybridized carbons (Fsp3) is 0.444. The molecule has 0 aliphatic carbocycles. The number of hydrogen-bond donors (Lipinski definition) is 2. The molecule has 0 saturated heterocycles. The highest BCUT2D eigenvalue weighted by Gasteiger charge is 2.14. The number of ether oxygens (including phenoxy) is 3. The van der Waals surface area contributed by atoms with Crippen molar-refractivity contribution in [1.29, 1.82) is 0 Å². The summed E-state index contributed by atoms with van der Waals surface area (Å²) >= 11 is 0. The number of nitrogens with zero attached hydrogens (tertiary/aromatic N) is 2. The van der Waals surface area contributed by atoms with Gasteiger partial charge in [0, 0.05) is 19.2 Å². The molecule has 0 bridgehead atoms. The first-order valence-electron chi connectivity index (χ1n) is 8.18. The molecule has 0 saturated carbocycles. The van der Waals surface area contributed by atoms with Crippen LogP contribution in [0.5, 0.6) is 17.2 Å². The molecule has 9 heteroatoms. The van der Waals surface area contributed by atoms with E-state index in [1.54, 1.807) is 28.4 Å². The molecule has 0 unspecified atom stereocenters. The fourth-order valence-electron chi connectivity index (χ4n) is 2.42. The molecule has 0 radical (unpaired) electrons. The van der Waals surface area contributed by atoms with Crippen LogP contribution in [-0.4, -0.2) is 39.3 Å². The van der Waals surface area contributed by atoms with Crippen molar-refractivity contribution in [2.75, 3.05) is 28.4 Å². The normalized spacial score (nSPS) is 10.8. The van der Waals surface area contributed by atoms with Crippen molar-refractivity contribution >= 4 is 29.9 Å². The Balaban J connectivity index is 0.00000364. The molecule has 1 aromatic carbocycles. The van der Waals surface area contributed by atoms with Gasteiger partial charge < -0.3 is 29.3 Å². The lowest BCUT2D eigenvalue weighted by molar-refractivity contribution is 0.368. The molecule has 0 spiro atoms. The van der Waals surface area contributed by atoms with E-state index in [-0.39, 0.29) is 24.0 Å². The first-order valence-corrected chi connectivity index (χ1v) is 8.18.